The largest absolute Gasteiger partial charge is 0.342 e. The van der Waals surface area contributed by atoms with Crippen molar-refractivity contribution in [3.63, 3.8) is 0 Å². The van der Waals surface area contributed by atoms with E-state index in [4.69, 9.17) is 0 Å². The number of amides is 1. The van der Waals surface area contributed by atoms with Gasteiger partial charge in [-0.25, -0.2) is 4.98 Å². The van der Waals surface area contributed by atoms with Crippen LogP contribution >= 0.6 is 0 Å². The van der Waals surface area contributed by atoms with Gasteiger partial charge in [-0.2, -0.15) is 9.78 Å². The molecule has 10 heteroatoms. The first-order chi connectivity index (χ1) is 12.1. The van der Waals surface area contributed by atoms with Gasteiger partial charge in [-0.15, -0.1) is 5.10 Å². The maximum atomic E-state index is 12.6. The van der Waals surface area contributed by atoms with Crippen molar-refractivity contribution in [3.8, 4) is 5.82 Å². The van der Waals surface area contributed by atoms with E-state index in [1.165, 1.54) is 17.2 Å². The first-order valence-electron chi connectivity index (χ1n) is 7.65. The Bertz CT molecular complexity index is 1030. The zero-order valence-corrected chi connectivity index (χ0v) is 13.6. The topological polar surface area (TPSA) is 130 Å². The molecule has 0 saturated heterocycles. The van der Waals surface area contributed by atoms with Gasteiger partial charge in [-0.1, -0.05) is 6.07 Å². The summed E-state index contributed by atoms with van der Waals surface area (Å²) in [7, 11) is 0. The minimum Gasteiger partial charge on any atom is -0.342 e. The van der Waals surface area contributed by atoms with Gasteiger partial charge in [0.25, 0.3) is 5.91 Å². The molecule has 4 aromatic rings. The number of aryl methyl sites for hydroxylation is 1. The average Bonchev–Trinajstić information content (AvgIpc) is 3.32. The molecule has 3 N–H and O–H groups in total. The summed E-state index contributed by atoms with van der Waals surface area (Å²) in [6, 6.07) is 5.66. The van der Waals surface area contributed by atoms with Crippen LogP contribution in [-0.4, -0.2) is 46.3 Å². The van der Waals surface area contributed by atoms with Gasteiger partial charge in [0.1, 0.15) is 17.7 Å². The Morgan fingerprint density at radius 3 is 3.04 bits per heavy atom. The van der Waals surface area contributed by atoms with E-state index in [0.717, 1.165) is 16.6 Å². The van der Waals surface area contributed by atoms with Gasteiger partial charge in [0.15, 0.2) is 5.82 Å². The van der Waals surface area contributed by atoms with Crippen LogP contribution in [0.3, 0.4) is 0 Å². The molecule has 10 nitrogen and oxygen atoms in total. The normalized spacial score (nSPS) is 12.4. The van der Waals surface area contributed by atoms with E-state index >= 15 is 0 Å². The minimum atomic E-state index is -0.308. The lowest BCUT2D eigenvalue weighted by Gasteiger charge is -2.11. The number of carbonyl (C=O) groups is 1. The van der Waals surface area contributed by atoms with E-state index in [1.807, 2.05) is 32.0 Å². The summed E-state index contributed by atoms with van der Waals surface area (Å²) in [5.41, 5.74) is 3.28. The van der Waals surface area contributed by atoms with Crippen LogP contribution in [0.25, 0.3) is 16.9 Å². The Hall–Kier alpha value is -3.56. The monoisotopic (exact) mass is 337 g/mol. The maximum absolute atomic E-state index is 12.6. The first kappa shape index (κ1) is 15.0. The predicted molar refractivity (Wildman–Crippen MR) is 88.0 cm³/mol. The number of aromatic amines is 2. The fraction of sp³-hybridized carbons (Fsp3) is 0.200. The first-order valence-corrected chi connectivity index (χ1v) is 7.65. The molecule has 4 rings (SSSR count). The van der Waals surface area contributed by atoms with Gasteiger partial charge in [0.2, 0.25) is 0 Å². The van der Waals surface area contributed by atoms with Crippen LogP contribution in [0.15, 0.2) is 30.7 Å². The number of benzene rings is 1. The number of tetrazole rings is 1. The van der Waals surface area contributed by atoms with Crippen molar-refractivity contribution in [1.82, 2.24) is 45.7 Å². The van der Waals surface area contributed by atoms with Crippen molar-refractivity contribution in [2.24, 2.45) is 0 Å². The summed E-state index contributed by atoms with van der Waals surface area (Å²) in [5, 5.41) is 20.4. The van der Waals surface area contributed by atoms with Crippen LogP contribution in [0.2, 0.25) is 0 Å². The molecule has 3 heterocycles. The summed E-state index contributed by atoms with van der Waals surface area (Å²) >= 11 is 0. The van der Waals surface area contributed by atoms with E-state index in [1.54, 1.807) is 0 Å². The van der Waals surface area contributed by atoms with Crippen LogP contribution in [0.4, 0.5) is 0 Å². The van der Waals surface area contributed by atoms with Crippen LogP contribution in [0.1, 0.15) is 34.7 Å². The molecule has 0 aliphatic heterocycles. The molecule has 1 unspecified atom stereocenters. The Morgan fingerprint density at radius 1 is 1.36 bits per heavy atom. The number of H-pyrrole nitrogens is 2. The second kappa shape index (κ2) is 5.82. The standard InChI is InChI=1S/C15H15N9O/c1-8-3-4-11-12(5-8)20-13(19-11)9(2)18-15(25)10-6-16-21-14(10)24-7-17-22-23-24/h3-7,9H,1-2H3,(H,16,21)(H,18,25)(H,19,20). The highest BCUT2D eigenvalue weighted by Crippen LogP contribution is 2.18. The summed E-state index contributed by atoms with van der Waals surface area (Å²) in [4.78, 5) is 20.4. The van der Waals surface area contributed by atoms with Crippen molar-refractivity contribution in [2.45, 2.75) is 19.9 Å². The molecule has 0 saturated carbocycles. The molecule has 126 valence electrons. The minimum absolute atomic E-state index is 0.302. The maximum Gasteiger partial charge on any atom is 0.257 e. The van der Waals surface area contributed by atoms with Crippen molar-refractivity contribution < 1.29 is 4.79 Å². The Kier molecular flexibility index (Phi) is 3.49. The predicted octanol–water partition coefficient (Wildman–Crippen LogP) is 1.06. The number of nitrogens with one attached hydrogen (secondary N) is 3. The number of carbonyl (C=O) groups excluding carboxylic acids is 1. The summed E-state index contributed by atoms with van der Waals surface area (Å²) in [6.07, 6.45) is 2.82. The van der Waals surface area contributed by atoms with Crippen molar-refractivity contribution in [2.75, 3.05) is 0 Å². The van der Waals surface area contributed by atoms with Crippen molar-refractivity contribution in [1.29, 1.82) is 0 Å². The van der Waals surface area contributed by atoms with Gasteiger partial charge in [-0.3, -0.25) is 9.89 Å². The lowest BCUT2D eigenvalue weighted by molar-refractivity contribution is 0.0938. The SMILES string of the molecule is Cc1ccc2nc(C(C)NC(=O)c3cn[nH]c3-n3cnnn3)[nH]c2c1. The number of nitrogens with zero attached hydrogens (tertiary/aromatic N) is 6. The van der Waals surface area contributed by atoms with E-state index < -0.39 is 0 Å². The van der Waals surface area contributed by atoms with Crippen LogP contribution in [-0.2, 0) is 0 Å². The fourth-order valence-corrected chi connectivity index (χ4v) is 2.57. The lowest BCUT2D eigenvalue weighted by atomic mass is 10.2. The molecule has 1 atom stereocenters. The van der Waals surface area contributed by atoms with Gasteiger partial charge < -0.3 is 10.3 Å². The average molecular weight is 337 g/mol. The van der Waals surface area contributed by atoms with Gasteiger partial charge in [0.05, 0.1) is 23.3 Å². The highest BCUT2D eigenvalue weighted by Gasteiger charge is 2.20. The molecule has 1 aromatic carbocycles. The Morgan fingerprint density at radius 2 is 2.24 bits per heavy atom. The summed E-state index contributed by atoms with van der Waals surface area (Å²) in [6.45, 7) is 3.88. The molecule has 0 aliphatic rings. The van der Waals surface area contributed by atoms with E-state index in [9.17, 15) is 4.79 Å². The van der Waals surface area contributed by atoms with E-state index in [2.05, 4.69) is 41.0 Å². The lowest BCUT2D eigenvalue weighted by Crippen LogP contribution is -2.28. The molecule has 0 fully saturated rings. The smallest absolute Gasteiger partial charge is 0.257 e. The quantitative estimate of drug-likeness (QED) is 0.510. The second-order valence-electron chi connectivity index (χ2n) is 5.72. The van der Waals surface area contributed by atoms with Gasteiger partial charge in [0, 0.05) is 0 Å². The molecule has 3 aromatic heterocycles. The summed E-state index contributed by atoms with van der Waals surface area (Å²) < 4.78 is 1.34. The number of hydrogen-bond acceptors (Lipinski definition) is 6. The molecule has 25 heavy (non-hydrogen) atoms. The van der Waals surface area contributed by atoms with Gasteiger partial charge in [-0.05, 0) is 42.0 Å². The zero-order valence-electron chi connectivity index (χ0n) is 13.6. The number of aromatic nitrogens is 8. The van der Waals surface area contributed by atoms with Gasteiger partial charge >= 0.3 is 0 Å². The van der Waals surface area contributed by atoms with Crippen LogP contribution in [0, 0.1) is 6.92 Å². The molecule has 0 spiro atoms. The third-order valence-corrected chi connectivity index (χ3v) is 3.86. The van der Waals surface area contributed by atoms with Crippen LogP contribution < -0.4 is 5.32 Å². The zero-order chi connectivity index (χ0) is 17.4. The van der Waals surface area contributed by atoms with Crippen molar-refractivity contribution >= 4 is 16.9 Å². The highest BCUT2D eigenvalue weighted by molar-refractivity contribution is 5.97. The molecule has 0 aliphatic carbocycles. The van der Waals surface area contributed by atoms with Crippen molar-refractivity contribution in [3.05, 3.63) is 47.7 Å². The molecule has 0 radical (unpaired) electrons. The summed E-state index contributed by atoms with van der Waals surface area (Å²) in [5.74, 6) is 0.778. The van der Waals surface area contributed by atoms with E-state index in [0.29, 0.717) is 17.2 Å². The number of rotatable bonds is 4. The molecule has 0 bridgehead atoms. The highest BCUT2D eigenvalue weighted by atomic mass is 16.1. The van der Waals surface area contributed by atoms with Crippen LogP contribution in [0.5, 0.6) is 0 Å². The number of fused-ring (bicyclic) bond motifs is 1. The third kappa shape index (κ3) is 2.73. The Labute approximate surface area is 141 Å². The number of imidazole rings is 1. The molecular weight excluding hydrogens is 322 g/mol. The van der Waals surface area contributed by atoms with E-state index in [-0.39, 0.29) is 11.9 Å². The fourth-order valence-electron chi connectivity index (χ4n) is 2.57. The Balaban J connectivity index is 1.57. The molecule has 1 amide bonds. The second-order valence-corrected chi connectivity index (χ2v) is 5.72. The number of hydrogen-bond donors (Lipinski definition) is 3. The third-order valence-electron chi connectivity index (χ3n) is 3.86. The molecular formula is C15H15N9O.